The molecular weight excluding hydrogens is 212 g/mol. The summed E-state index contributed by atoms with van der Waals surface area (Å²) in [5.74, 6) is 1.85. The SMILES string of the molecule is CC(=O)c1ccnc(N(CC2CC2)C(C)C)c1. The molecule has 0 unspecified atom stereocenters. The number of ketones is 1. The molecule has 0 atom stereocenters. The Morgan fingerprint density at radius 1 is 1.53 bits per heavy atom. The van der Waals surface area contributed by atoms with Crippen molar-refractivity contribution in [2.45, 2.75) is 39.7 Å². The maximum absolute atomic E-state index is 11.4. The largest absolute Gasteiger partial charge is 0.354 e. The Kier molecular flexibility index (Phi) is 3.46. The summed E-state index contributed by atoms with van der Waals surface area (Å²) in [4.78, 5) is 18.1. The average molecular weight is 232 g/mol. The second kappa shape index (κ2) is 4.86. The minimum Gasteiger partial charge on any atom is -0.354 e. The van der Waals surface area contributed by atoms with Crippen molar-refractivity contribution in [2.24, 2.45) is 5.92 Å². The maximum atomic E-state index is 11.4. The lowest BCUT2D eigenvalue weighted by atomic mass is 10.2. The van der Waals surface area contributed by atoms with E-state index in [1.807, 2.05) is 6.07 Å². The van der Waals surface area contributed by atoms with Gasteiger partial charge >= 0.3 is 0 Å². The van der Waals surface area contributed by atoms with Crippen LogP contribution in [0.5, 0.6) is 0 Å². The Hall–Kier alpha value is -1.38. The maximum Gasteiger partial charge on any atom is 0.159 e. The van der Waals surface area contributed by atoms with Crippen molar-refractivity contribution in [3.8, 4) is 0 Å². The molecule has 0 aliphatic heterocycles. The third kappa shape index (κ3) is 3.05. The van der Waals surface area contributed by atoms with Crippen LogP contribution in [-0.4, -0.2) is 23.4 Å². The summed E-state index contributed by atoms with van der Waals surface area (Å²) >= 11 is 0. The first-order chi connectivity index (χ1) is 8.08. The number of rotatable bonds is 5. The van der Waals surface area contributed by atoms with Gasteiger partial charge in [0.25, 0.3) is 0 Å². The second-order valence-electron chi connectivity index (χ2n) is 5.15. The highest BCUT2D eigenvalue weighted by Crippen LogP contribution is 2.31. The van der Waals surface area contributed by atoms with Gasteiger partial charge in [0.2, 0.25) is 0 Å². The van der Waals surface area contributed by atoms with E-state index in [9.17, 15) is 4.79 Å². The molecule has 2 rings (SSSR count). The van der Waals surface area contributed by atoms with Crippen LogP contribution in [-0.2, 0) is 0 Å². The van der Waals surface area contributed by atoms with Crippen LogP contribution in [0.1, 0.15) is 44.0 Å². The highest BCUT2D eigenvalue weighted by molar-refractivity contribution is 5.94. The van der Waals surface area contributed by atoms with Crippen LogP contribution in [0.2, 0.25) is 0 Å². The van der Waals surface area contributed by atoms with Crippen LogP contribution in [0.15, 0.2) is 18.3 Å². The van der Waals surface area contributed by atoms with Crippen molar-refractivity contribution in [3.63, 3.8) is 0 Å². The molecule has 1 fully saturated rings. The molecule has 0 aromatic carbocycles. The van der Waals surface area contributed by atoms with Gasteiger partial charge in [0.05, 0.1) is 0 Å². The van der Waals surface area contributed by atoms with Gasteiger partial charge in [-0.05, 0) is 51.7 Å². The fraction of sp³-hybridized carbons (Fsp3) is 0.571. The van der Waals surface area contributed by atoms with E-state index in [1.165, 1.54) is 12.8 Å². The Bertz CT molecular complexity index is 410. The van der Waals surface area contributed by atoms with Crippen molar-refractivity contribution in [1.29, 1.82) is 0 Å². The molecule has 92 valence electrons. The van der Waals surface area contributed by atoms with Crippen molar-refractivity contribution >= 4 is 11.6 Å². The van der Waals surface area contributed by atoms with Gasteiger partial charge in [-0.25, -0.2) is 4.98 Å². The fourth-order valence-corrected chi connectivity index (χ4v) is 1.94. The molecule has 0 amide bonds. The molecule has 0 radical (unpaired) electrons. The fourth-order valence-electron chi connectivity index (χ4n) is 1.94. The van der Waals surface area contributed by atoms with E-state index < -0.39 is 0 Å². The smallest absolute Gasteiger partial charge is 0.159 e. The van der Waals surface area contributed by atoms with Gasteiger partial charge in [0.1, 0.15) is 5.82 Å². The Morgan fingerprint density at radius 3 is 2.76 bits per heavy atom. The minimum atomic E-state index is 0.101. The summed E-state index contributed by atoms with van der Waals surface area (Å²) in [6.07, 6.45) is 4.39. The van der Waals surface area contributed by atoms with Crippen LogP contribution in [0.3, 0.4) is 0 Å². The predicted octanol–water partition coefficient (Wildman–Crippen LogP) is 2.91. The van der Waals surface area contributed by atoms with E-state index in [-0.39, 0.29) is 5.78 Å². The van der Waals surface area contributed by atoms with Gasteiger partial charge in [0, 0.05) is 24.3 Å². The molecule has 1 saturated carbocycles. The van der Waals surface area contributed by atoms with Crippen molar-refractivity contribution in [2.75, 3.05) is 11.4 Å². The number of nitrogens with zero attached hydrogens (tertiary/aromatic N) is 2. The van der Waals surface area contributed by atoms with E-state index in [0.717, 1.165) is 23.8 Å². The topological polar surface area (TPSA) is 33.2 Å². The number of hydrogen-bond acceptors (Lipinski definition) is 3. The van der Waals surface area contributed by atoms with Crippen LogP contribution in [0.25, 0.3) is 0 Å². The first-order valence-corrected chi connectivity index (χ1v) is 6.31. The number of carbonyl (C=O) groups is 1. The molecule has 17 heavy (non-hydrogen) atoms. The number of carbonyl (C=O) groups excluding carboxylic acids is 1. The third-order valence-electron chi connectivity index (χ3n) is 3.22. The summed E-state index contributed by atoms with van der Waals surface area (Å²) in [6, 6.07) is 4.11. The molecule has 0 bridgehead atoms. The van der Waals surface area contributed by atoms with Crippen molar-refractivity contribution in [1.82, 2.24) is 4.98 Å². The molecule has 1 aromatic heterocycles. The number of hydrogen-bond donors (Lipinski definition) is 0. The molecule has 3 heteroatoms. The molecule has 0 spiro atoms. The lowest BCUT2D eigenvalue weighted by Crippen LogP contribution is -2.33. The third-order valence-corrected chi connectivity index (χ3v) is 3.22. The van der Waals surface area contributed by atoms with Crippen molar-refractivity contribution < 1.29 is 4.79 Å². The molecular formula is C14H20N2O. The zero-order valence-electron chi connectivity index (χ0n) is 10.8. The first kappa shape index (κ1) is 12.1. The molecule has 1 aromatic rings. The van der Waals surface area contributed by atoms with Crippen molar-refractivity contribution in [3.05, 3.63) is 23.9 Å². The summed E-state index contributed by atoms with van der Waals surface area (Å²) < 4.78 is 0. The normalized spacial score (nSPS) is 15.1. The van der Waals surface area contributed by atoms with Crippen LogP contribution in [0.4, 0.5) is 5.82 Å². The number of aromatic nitrogens is 1. The van der Waals surface area contributed by atoms with E-state index in [1.54, 1.807) is 19.2 Å². The summed E-state index contributed by atoms with van der Waals surface area (Å²) in [6.45, 7) is 7.00. The lowest BCUT2D eigenvalue weighted by molar-refractivity contribution is 0.101. The van der Waals surface area contributed by atoms with Gasteiger partial charge in [-0.2, -0.15) is 0 Å². The number of anilines is 1. The molecule has 0 saturated heterocycles. The van der Waals surface area contributed by atoms with Gasteiger partial charge in [-0.1, -0.05) is 0 Å². The van der Waals surface area contributed by atoms with Gasteiger partial charge in [0.15, 0.2) is 5.78 Å². The van der Waals surface area contributed by atoms with Gasteiger partial charge < -0.3 is 4.90 Å². The summed E-state index contributed by atoms with van der Waals surface area (Å²) in [5, 5.41) is 0. The van der Waals surface area contributed by atoms with E-state index >= 15 is 0 Å². The van der Waals surface area contributed by atoms with Gasteiger partial charge in [-0.15, -0.1) is 0 Å². The Labute approximate surface area is 103 Å². The van der Waals surface area contributed by atoms with E-state index in [4.69, 9.17) is 0 Å². The monoisotopic (exact) mass is 232 g/mol. The Balaban J connectivity index is 2.21. The van der Waals surface area contributed by atoms with E-state index in [2.05, 4.69) is 23.7 Å². The molecule has 1 aliphatic carbocycles. The number of pyridine rings is 1. The summed E-state index contributed by atoms with van der Waals surface area (Å²) in [7, 11) is 0. The van der Waals surface area contributed by atoms with Gasteiger partial charge in [-0.3, -0.25) is 4.79 Å². The predicted molar refractivity (Wildman–Crippen MR) is 69.4 cm³/mol. The standard InChI is InChI=1S/C14H20N2O/c1-10(2)16(9-12-4-5-12)14-8-13(11(3)17)6-7-15-14/h6-8,10,12H,4-5,9H2,1-3H3. The molecule has 3 nitrogen and oxygen atoms in total. The molecule has 1 heterocycles. The molecule has 1 aliphatic rings. The highest BCUT2D eigenvalue weighted by atomic mass is 16.1. The Morgan fingerprint density at radius 2 is 2.24 bits per heavy atom. The van der Waals surface area contributed by atoms with Crippen LogP contribution < -0.4 is 4.90 Å². The zero-order valence-corrected chi connectivity index (χ0v) is 10.8. The zero-order chi connectivity index (χ0) is 12.4. The minimum absolute atomic E-state index is 0.101. The number of Topliss-reactive ketones (excluding diaryl/α,β-unsaturated/α-hetero) is 1. The highest BCUT2D eigenvalue weighted by Gasteiger charge is 2.26. The average Bonchev–Trinajstić information content (AvgIpc) is 3.09. The summed E-state index contributed by atoms with van der Waals surface area (Å²) in [5.41, 5.74) is 0.747. The second-order valence-corrected chi connectivity index (χ2v) is 5.15. The first-order valence-electron chi connectivity index (χ1n) is 6.31. The van der Waals surface area contributed by atoms with E-state index in [0.29, 0.717) is 6.04 Å². The quantitative estimate of drug-likeness (QED) is 0.732. The molecule has 0 N–H and O–H groups in total. The lowest BCUT2D eigenvalue weighted by Gasteiger charge is -2.28. The van der Waals surface area contributed by atoms with Crippen LogP contribution in [0, 0.1) is 5.92 Å². The van der Waals surface area contributed by atoms with Crippen LogP contribution >= 0.6 is 0 Å².